The summed E-state index contributed by atoms with van der Waals surface area (Å²) in [6, 6.07) is 8.54. The fourth-order valence-electron chi connectivity index (χ4n) is 3.62. The Balaban J connectivity index is 0.00000480. The summed E-state index contributed by atoms with van der Waals surface area (Å²) >= 11 is 0. The van der Waals surface area contributed by atoms with Crippen molar-refractivity contribution in [1.82, 2.24) is 15.5 Å². The summed E-state index contributed by atoms with van der Waals surface area (Å²) in [5.74, 6) is 1.79. The van der Waals surface area contributed by atoms with Gasteiger partial charge in [-0.3, -0.25) is 9.89 Å². The Labute approximate surface area is 205 Å². The Morgan fingerprint density at radius 3 is 2.32 bits per heavy atom. The first-order chi connectivity index (χ1) is 14.1. The summed E-state index contributed by atoms with van der Waals surface area (Å²) in [4.78, 5) is 6.87. The van der Waals surface area contributed by atoms with Gasteiger partial charge in [-0.05, 0) is 55.5 Å². The molecule has 1 unspecified atom stereocenters. The van der Waals surface area contributed by atoms with E-state index in [1.807, 2.05) is 12.1 Å². The number of rotatable bonds is 10. The van der Waals surface area contributed by atoms with Crippen LogP contribution < -0.4 is 15.4 Å². The smallest absolute Gasteiger partial charge is 0.191 e. The molecule has 0 aliphatic carbocycles. The minimum atomic E-state index is -2.96. The standard InChI is InChI=1S/C22H38N4O3S.HI/c1-22(2,12-15-30(5,27)28)17-25-21(23-3)24-16-20(26-13-6-7-14-26)18-8-10-19(29-4)11-9-18;/h8-11,20H,6-7,12-17H2,1-5H3,(H2,23,24,25);1H. The molecule has 1 aliphatic heterocycles. The molecule has 2 N–H and O–H groups in total. The maximum Gasteiger partial charge on any atom is 0.191 e. The van der Waals surface area contributed by atoms with E-state index in [2.05, 4.69) is 46.5 Å². The lowest BCUT2D eigenvalue weighted by Crippen LogP contribution is -2.45. The molecule has 0 aromatic heterocycles. The lowest BCUT2D eigenvalue weighted by atomic mass is 9.90. The number of nitrogens with zero attached hydrogens (tertiary/aromatic N) is 2. The number of nitrogens with one attached hydrogen (secondary N) is 2. The van der Waals surface area contributed by atoms with Crippen LogP contribution in [0.1, 0.15) is 44.7 Å². The molecule has 0 bridgehead atoms. The number of aliphatic imine (C=N–C) groups is 1. The number of benzene rings is 1. The highest BCUT2D eigenvalue weighted by atomic mass is 127. The number of guanidine groups is 1. The molecule has 0 radical (unpaired) electrons. The first-order valence-electron chi connectivity index (χ1n) is 10.6. The molecule has 2 rings (SSSR count). The van der Waals surface area contributed by atoms with E-state index < -0.39 is 9.84 Å². The molecule has 1 aromatic rings. The monoisotopic (exact) mass is 566 g/mol. The Morgan fingerprint density at radius 1 is 1.19 bits per heavy atom. The Morgan fingerprint density at radius 2 is 1.81 bits per heavy atom. The van der Waals surface area contributed by atoms with Gasteiger partial charge in [-0.15, -0.1) is 24.0 Å². The number of ether oxygens (including phenoxy) is 1. The predicted octanol–water partition coefficient (Wildman–Crippen LogP) is 3.08. The van der Waals surface area contributed by atoms with E-state index in [4.69, 9.17) is 4.74 Å². The van der Waals surface area contributed by atoms with Gasteiger partial charge in [0.25, 0.3) is 0 Å². The second-order valence-electron chi connectivity index (χ2n) is 8.88. The summed E-state index contributed by atoms with van der Waals surface area (Å²) in [5, 5.41) is 6.83. The predicted molar refractivity (Wildman–Crippen MR) is 139 cm³/mol. The summed E-state index contributed by atoms with van der Waals surface area (Å²) < 4.78 is 28.3. The minimum absolute atomic E-state index is 0. The number of hydrogen-bond donors (Lipinski definition) is 2. The quantitative estimate of drug-likeness (QED) is 0.258. The van der Waals surface area contributed by atoms with Crippen LogP contribution in [-0.4, -0.2) is 71.6 Å². The van der Waals surface area contributed by atoms with Crippen LogP contribution in [0.25, 0.3) is 0 Å². The van der Waals surface area contributed by atoms with Crippen LogP contribution >= 0.6 is 24.0 Å². The first-order valence-corrected chi connectivity index (χ1v) is 12.7. The van der Waals surface area contributed by atoms with Crippen molar-refractivity contribution in [1.29, 1.82) is 0 Å². The van der Waals surface area contributed by atoms with Gasteiger partial charge in [0.05, 0.1) is 18.9 Å². The molecular weight excluding hydrogens is 527 g/mol. The van der Waals surface area contributed by atoms with Crippen molar-refractivity contribution in [2.75, 3.05) is 52.3 Å². The average molecular weight is 567 g/mol. The van der Waals surface area contributed by atoms with Gasteiger partial charge in [-0.25, -0.2) is 8.42 Å². The highest BCUT2D eigenvalue weighted by Gasteiger charge is 2.24. The SMILES string of the molecule is CN=C(NCC(c1ccc(OC)cc1)N1CCCC1)NCC(C)(C)CCS(C)(=O)=O.I. The highest BCUT2D eigenvalue weighted by Crippen LogP contribution is 2.26. The molecule has 7 nitrogen and oxygen atoms in total. The van der Waals surface area contributed by atoms with Crippen molar-refractivity contribution in [3.63, 3.8) is 0 Å². The van der Waals surface area contributed by atoms with Gasteiger partial charge in [0.2, 0.25) is 0 Å². The second-order valence-corrected chi connectivity index (χ2v) is 11.1. The van der Waals surface area contributed by atoms with Crippen LogP contribution in [0.15, 0.2) is 29.3 Å². The molecule has 1 heterocycles. The Kier molecular flexibility index (Phi) is 11.6. The molecule has 1 saturated heterocycles. The average Bonchev–Trinajstić information content (AvgIpc) is 3.23. The number of hydrogen-bond acceptors (Lipinski definition) is 5. The fraction of sp³-hybridized carbons (Fsp3) is 0.682. The van der Waals surface area contributed by atoms with Crippen molar-refractivity contribution in [2.45, 2.75) is 39.2 Å². The third-order valence-corrected chi connectivity index (χ3v) is 6.60. The van der Waals surface area contributed by atoms with E-state index in [0.717, 1.165) is 31.3 Å². The van der Waals surface area contributed by atoms with E-state index in [0.29, 0.717) is 13.0 Å². The number of likely N-dealkylation sites (tertiary alicyclic amines) is 1. The van der Waals surface area contributed by atoms with E-state index >= 15 is 0 Å². The van der Waals surface area contributed by atoms with Crippen molar-refractivity contribution >= 4 is 39.8 Å². The van der Waals surface area contributed by atoms with Crippen LogP contribution in [0.4, 0.5) is 0 Å². The molecule has 1 atom stereocenters. The maximum atomic E-state index is 11.5. The van der Waals surface area contributed by atoms with E-state index in [9.17, 15) is 8.42 Å². The second kappa shape index (κ2) is 12.8. The first kappa shape index (κ1) is 28.0. The van der Waals surface area contributed by atoms with Crippen LogP contribution in [0.3, 0.4) is 0 Å². The molecule has 9 heteroatoms. The molecule has 1 aliphatic rings. The van der Waals surface area contributed by atoms with Gasteiger partial charge in [-0.2, -0.15) is 0 Å². The van der Waals surface area contributed by atoms with Crippen LogP contribution in [0.5, 0.6) is 5.75 Å². The van der Waals surface area contributed by atoms with Gasteiger partial charge in [0.15, 0.2) is 5.96 Å². The summed E-state index contributed by atoms with van der Waals surface area (Å²) in [7, 11) is 0.487. The summed E-state index contributed by atoms with van der Waals surface area (Å²) in [6.45, 7) is 7.74. The van der Waals surface area contributed by atoms with Crippen molar-refractivity contribution in [3.8, 4) is 5.75 Å². The van der Waals surface area contributed by atoms with Crippen molar-refractivity contribution in [3.05, 3.63) is 29.8 Å². The van der Waals surface area contributed by atoms with Crippen LogP contribution in [0.2, 0.25) is 0 Å². The zero-order valence-electron chi connectivity index (χ0n) is 19.5. The van der Waals surface area contributed by atoms with Crippen LogP contribution in [-0.2, 0) is 9.84 Å². The zero-order valence-corrected chi connectivity index (χ0v) is 22.6. The van der Waals surface area contributed by atoms with E-state index in [-0.39, 0.29) is 41.2 Å². The maximum absolute atomic E-state index is 11.5. The molecule has 0 saturated carbocycles. The Bertz CT molecular complexity index is 791. The molecule has 1 fully saturated rings. The van der Waals surface area contributed by atoms with E-state index in [1.54, 1.807) is 14.2 Å². The lowest BCUT2D eigenvalue weighted by molar-refractivity contribution is 0.245. The van der Waals surface area contributed by atoms with E-state index in [1.165, 1.54) is 24.7 Å². The molecular formula is C22H39IN4O3S. The summed E-state index contributed by atoms with van der Waals surface area (Å²) in [6.07, 6.45) is 4.36. The third-order valence-electron chi connectivity index (χ3n) is 5.65. The molecule has 31 heavy (non-hydrogen) atoms. The van der Waals surface area contributed by atoms with Crippen LogP contribution in [0, 0.1) is 5.41 Å². The zero-order chi connectivity index (χ0) is 22.2. The van der Waals surface area contributed by atoms with Gasteiger partial charge in [0, 0.05) is 26.4 Å². The molecule has 0 amide bonds. The molecule has 1 aromatic carbocycles. The summed E-state index contributed by atoms with van der Waals surface area (Å²) in [5.41, 5.74) is 1.11. The number of halogens is 1. The molecule has 178 valence electrons. The third kappa shape index (κ3) is 9.95. The van der Waals surface area contributed by atoms with Crippen molar-refractivity contribution in [2.24, 2.45) is 10.4 Å². The van der Waals surface area contributed by atoms with Gasteiger partial charge < -0.3 is 15.4 Å². The van der Waals surface area contributed by atoms with Gasteiger partial charge in [0.1, 0.15) is 15.6 Å². The highest BCUT2D eigenvalue weighted by molar-refractivity contribution is 14.0. The normalized spacial score (nSPS) is 16.5. The van der Waals surface area contributed by atoms with Gasteiger partial charge >= 0.3 is 0 Å². The number of sulfone groups is 1. The van der Waals surface area contributed by atoms with Crippen molar-refractivity contribution < 1.29 is 13.2 Å². The number of methoxy groups -OCH3 is 1. The topological polar surface area (TPSA) is 83.0 Å². The minimum Gasteiger partial charge on any atom is -0.497 e. The fourth-order valence-corrected chi connectivity index (χ4v) is 4.55. The lowest BCUT2D eigenvalue weighted by Gasteiger charge is -2.30. The molecule has 0 spiro atoms. The largest absolute Gasteiger partial charge is 0.497 e. The Hall–Kier alpha value is -1.07. The van der Waals surface area contributed by atoms with Gasteiger partial charge in [-0.1, -0.05) is 26.0 Å².